The van der Waals surface area contributed by atoms with Crippen LogP contribution < -0.4 is 5.32 Å². The van der Waals surface area contributed by atoms with Gasteiger partial charge in [0, 0.05) is 23.9 Å². The average Bonchev–Trinajstić information content (AvgIpc) is 2.43. The van der Waals surface area contributed by atoms with Gasteiger partial charge in [-0.3, -0.25) is 14.9 Å². The van der Waals surface area contributed by atoms with Crippen LogP contribution in [-0.4, -0.2) is 10.8 Å². The first-order valence-electron chi connectivity index (χ1n) is 5.94. The van der Waals surface area contributed by atoms with Crippen LogP contribution in [0, 0.1) is 21.7 Å². The van der Waals surface area contributed by atoms with Crippen molar-refractivity contribution in [2.75, 3.05) is 5.32 Å². The maximum absolute atomic E-state index is 13.0. The predicted molar refractivity (Wildman–Crippen MR) is 71.8 cm³/mol. The van der Waals surface area contributed by atoms with E-state index in [1.54, 1.807) is 0 Å². The van der Waals surface area contributed by atoms with Crippen LogP contribution in [-0.2, 0) is 11.2 Å². The van der Waals surface area contributed by atoms with Crippen LogP contribution in [0.15, 0.2) is 42.5 Å². The Morgan fingerprint density at radius 1 is 1.10 bits per heavy atom. The SMILES string of the molecule is O=C(Cc1ccc([N+](=O)[O-])cc1)Nc1ccc(F)c(F)c1. The summed E-state index contributed by atoms with van der Waals surface area (Å²) in [7, 11) is 0. The number of carbonyl (C=O) groups is 1. The van der Waals surface area contributed by atoms with Gasteiger partial charge in [-0.05, 0) is 17.7 Å². The first-order valence-corrected chi connectivity index (χ1v) is 5.94. The molecule has 1 N–H and O–H groups in total. The standard InChI is InChI=1S/C14H10F2N2O3/c15-12-6-3-10(8-13(12)16)17-14(19)7-9-1-4-11(5-2-9)18(20)21/h1-6,8H,7H2,(H,17,19). The molecule has 0 aliphatic rings. The monoisotopic (exact) mass is 292 g/mol. The fourth-order valence-corrected chi connectivity index (χ4v) is 1.70. The number of hydrogen-bond donors (Lipinski definition) is 1. The minimum atomic E-state index is -1.05. The molecule has 2 rings (SSSR count). The molecule has 21 heavy (non-hydrogen) atoms. The number of nitro groups is 1. The van der Waals surface area contributed by atoms with Crippen LogP contribution in [0.5, 0.6) is 0 Å². The van der Waals surface area contributed by atoms with Gasteiger partial charge in [0.2, 0.25) is 5.91 Å². The molecular formula is C14H10F2N2O3. The molecule has 7 heteroatoms. The van der Waals surface area contributed by atoms with E-state index in [1.807, 2.05) is 0 Å². The number of hydrogen-bond acceptors (Lipinski definition) is 3. The molecule has 0 aliphatic heterocycles. The molecule has 0 saturated heterocycles. The molecule has 0 fully saturated rings. The lowest BCUT2D eigenvalue weighted by molar-refractivity contribution is -0.384. The van der Waals surface area contributed by atoms with Crippen LogP contribution in [0.1, 0.15) is 5.56 Å². The summed E-state index contributed by atoms with van der Waals surface area (Å²) >= 11 is 0. The Bertz CT molecular complexity index is 687. The van der Waals surface area contributed by atoms with E-state index in [4.69, 9.17) is 0 Å². The zero-order valence-corrected chi connectivity index (χ0v) is 10.7. The van der Waals surface area contributed by atoms with E-state index >= 15 is 0 Å². The Kier molecular flexibility index (Phi) is 4.22. The second-order valence-electron chi connectivity index (χ2n) is 4.28. The maximum atomic E-state index is 13.0. The minimum Gasteiger partial charge on any atom is -0.326 e. The van der Waals surface area contributed by atoms with Crippen LogP contribution in [0.3, 0.4) is 0 Å². The zero-order chi connectivity index (χ0) is 15.4. The quantitative estimate of drug-likeness (QED) is 0.695. The summed E-state index contributed by atoms with van der Waals surface area (Å²) in [5.41, 5.74) is 0.640. The highest BCUT2D eigenvalue weighted by molar-refractivity contribution is 5.92. The molecule has 0 heterocycles. The van der Waals surface area contributed by atoms with Crippen molar-refractivity contribution < 1.29 is 18.5 Å². The molecule has 0 saturated carbocycles. The molecule has 2 aromatic carbocycles. The highest BCUT2D eigenvalue weighted by atomic mass is 19.2. The van der Waals surface area contributed by atoms with Crippen molar-refractivity contribution in [3.63, 3.8) is 0 Å². The van der Waals surface area contributed by atoms with E-state index in [9.17, 15) is 23.7 Å². The summed E-state index contributed by atoms with van der Waals surface area (Å²) in [5.74, 6) is -2.48. The van der Waals surface area contributed by atoms with Crippen molar-refractivity contribution in [2.45, 2.75) is 6.42 Å². The highest BCUT2D eigenvalue weighted by Crippen LogP contribution is 2.15. The van der Waals surface area contributed by atoms with Crippen LogP contribution in [0.25, 0.3) is 0 Å². The first kappa shape index (κ1) is 14.6. The van der Waals surface area contributed by atoms with Gasteiger partial charge in [0.05, 0.1) is 11.3 Å². The van der Waals surface area contributed by atoms with Gasteiger partial charge >= 0.3 is 0 Å². The van der Waals surface area contributed by atoms with Crippen molar-refractivity contribution in [3.8, 4) is 0 Å². The molecule has 5 nitrogen and oxygen atoms in total. The third-order valence-corrected chi connectivity index (χ3v) is 2.72. The zero-order valence-electron chi connectivity index (χ0n) is 10.7. The first-order chi connectivity index (χ1) is 9.95. The molecular weight excluding hydrogens is 282 g/mol. The summed E-state index contributed by atoms with van der Waals surface area (Å²) < 4.78 is 25.7. The molecule has 1 amide bonds. The summed E-state index contributed by atoms with van der Waals surface area (Å²) in [4.78, 5) is 21.7. The van der Waals surface area contributed by atoms with Crippen molar-refractivity contribution in [3.05, 3.63) is 69.8 Å². The number of rotatable bonds is 4. The number of amides is 1. The molecule has 2 aromatic rings. The second-order valence-corrected chi connectivity index (χ2v) is 4.28. The Morgan fingerprint density at radius 2 is 1.76 bits per heavy atom. The number of nitro benzene ring substituents is 1. The van der Waals surface area contributed by atoms with Gasteiger partial charge in [-0.15, -0.1) is 0 Å². The third kappa shape index (κ3) is 3.82. The van der Waals surface area contributed by atoms with Gasteiger partial charge in [-0.25, -0.2) is 8.78 Å². The molecule has 0 atom stereocenters. The minimum absolute atomic E-state index is 0.0308. The van der Waals surface area contributed by atoms with E-state index < -0.39 is 22.5 Å². The average molecular weight is 292 g/mol. The van der Waals surface area contributed by atoms with E-state index in [1.165, 1.54) is 30.3 Å². The Morgan fingerprint density at radius 3 is 2.33 bits per heavy atom. The van der Waals surface area contributed by atoms with Gasteiger partial charge < -0.3 is 5.32 Å². The lowest BCUT2D eigenvalue weighted by Gasteiger charge is -2.05. The Hall–Kier alpha value is -2.83. The number of nitrogens with zero attached hydrogens (tertiary/aromatic N) is 1. The molecule has 0 aliphatic carbocycles. The maximum Gasteiger partial charge on any atom is 0.269 e. The fourth-order valence-electron chi connectivity index (χ4n) is 1.70. The fraction of sp³-hybridized carbons (Fsp3) is 0.0714. The number of carbonyl (C=O) groups excluding carboxylic acids is 1. The Labute approximate surface area is 118 Å². The molecule has 0 radical (unpaired) electrons. The number of nitrogens with one attached hydrogen (secondary N) is 1. The number of benzene rings is 2. The summed E-state index contributed by atoms with van der Waals surface area (Å²) in [5, 5.41) is 12.9. The van der Waals surface area contributed by atoms with Gasteiger partial charge in [-0.2, -0.15) is 0 Å². The topological polar surface area (TPSA) is 72.2 Å². The summed E-state index contributed by atoms with van der Waals surface area (Å²) in [6.45, 7) is 0. The largest absolute Gasteiger partial charge is 0.326 e. The molecule has 0 bridgehead atoms. The number of halogens is 2. The summed E-state index contributed by atoms with van der Waals surface area (Å²) in [6, 6.07) is 8.54. The van der Waals surface area contributed by atoms with Gasteiger partial charge in [0.25, 0.3) is 5.69 Å². The van der Waals surface area contributed by atoms with E-state index in [0.717, 1.165) is 12.1 Å². The van der Waals surface area contributed by atoms with Crippen molar-refractivity contribution in [2.24, 2.45) is 0 Å². The molecule has 108 valence electrons. The molecule has 0 unspecified atom stereocenters. The van der Waals surface area contributed by atoms with E-state index in [-0.39, 0.29) is 17.8 Å². The lowest BCUT2D eigenvalue weighted by atomic mass is 10.1. The van der Waals surface area contributed by atoms with Crippen LogP contribution in [0.4, 0.5) is 20.2 Å². The lowest BCUT2D eigenvalue weighted by Crippen LogP contribution is -2.14. The van der Waals surface area contributed by atoms with E-state index in [2.05, 4.69) is 5.32 Å². The van der Waals surface area contributed by atoms with Crippen LogP contribution >= 0.6 is 0 Å². The highest BCUT2D eigenvalue weighted by Gasteiger charge is 2.09. The number of anilines is 1. The van der Waals surface area contributed by atoms with Gasteiger partial charge in [-0.1, -0.05) is 12.1 Å². The second kappa shape index (κ2) is 6.08. The smallest absolute Gasteiger partial charge is 0.269 e. The Balaban J connectivity index is 2.01. The van der Waals surface area contributed by atoms with Crippen molar-refractivity contribution >= 4 is 17.3 Å². The normalized spacial score (nSPS) is 10.2. The van der Waals surface area contributed by atoms with Crippen LogP contribution in [0.2, 0.25) is 0 Å². The van der Waals surface area contributed by atoms with Crippen molar-refractivity contribution in [1.29, 1.82) is 0 Å². The van der Waals surface area contributed by atoms with Gasteiger partial charge in [0.15, 0.2) is 11.6 Å². The molecule has 0 spiro atoms. The number of non-ortho nitro benzene ring substituents is 1. The predicted octanol–water partition coefficient (Wildman–Crippen LogP) is 3.05. The third-order valence-electron chi connectivity index (χ3n) is 2.72. The van der Waals surface area contributed by atoms with E-state index in [0.29, 0.717) is 5.56 Å². The van der Waals surface area contributed by atoms with Crippen molar-refractivity contribution in [1.82, 2.24) is 0 Å². The molecule has 0 aromatic heterocycles. The summed E-state index contributed by atoms with van der Waals surface area (Å²) in [6.07, 6.45) is -0.0308. The van der Waals surface area contributed by atoms with Gasteiger partial charge in [0.1, 0.15) is 0 Å².